The molecule has 0 aromatic heterocycles. The van der Waals surface area contributed by atoms with Crippen LogP contribution in [0.3, 0.4) is 0 Å². The molecule has 1 aromatic carbocycles. The third-order valence-electron chi connectivity index (χ3n) is 4.56. The van der Waals surface area contributed by atoms with Gasteiger partial charge in [0.05, 0.1) is 0 Å². The van der Waals surface area contributed by atoms with Crippen molar-refractivity contribution in [3.63, 3.8) is 0 Å². The molecule has 1 saturated heterocycles. The molecular formula is C17H23N3O. The Morgan fingerprint density at radius 2 is 2.00 bits per heavy atom. The second-order valence-electron chi connectivity index (χ2n) is 5.95. The first-order valence-electron chi connectivity index (χ1n) is 7.90. The number of rotatable bonds is 4. The molecule has 1 aliphatic carbocycles. The summed E-state index contributed by atoms with van der Waals surface area (Å²) in [5, 5.41) is 4.33. The van der Waals surface area contributed by atoms with Gasteiger partial charge >= 0.3 is 0 Å². The number of nitrogens with zero attached hydrogens (tertiary/aromatic N) is 2. The van der Waals surface area contributed by atoms with Crippen LogP contribution in [-0.4, -0.2) is 36.2 Å². The molecule has 2 atom stereocenters. The molecule has 4 heteroatoms. The smallest absolute Gasteiger partial charge is 0.243 e. The lowest BCUT2D eigenvalue weighted by Crippen LogP contribution is -2.34. The predicted molar refractivity (Wildman–Crippen MR) is 84.2 cm³/mol. The number of hydrazone groups is 1. The van der Waals surface area contributed by atoms with Crippen LogP contribution in [0.15, 0.2) is 35.4 Å². The van der Waals surface area contributed by atoms with E-state index in [2.05, 4.69) is 34.5 Å². The van der Waals surface area contributed by atoms with Gasteiger partial charge in [-0.15, -0.1) is 0 Å². The molecule has 1 aromatic rings. The van der Waals surface area contributed by atoms with Crippen LogP contribution in [-0.2, 0) is 4.79 Å². The largest absolute Gasteiger partial charge is 0.303 e. The molecule has 1 aliphatic heterocycles. The number of hydrogen-bond donors (Lipinski definition) is 1. The first kappa shape index (κ1) is 14.3. The molecule has 1 N–H and O–H groups in total. The summed E-state index contributed by atoms with van der Waals surface area (Å²) in [4.78, 5) is 14.5. The minimum atomic E-state index is 0.0780. The number of carbonyl (C=O) groups excluding carboxylic acids is 1. The van der Waals surface area contributed by atoms with Gasteiger partial charge in [0.15, 0.2) is 0 Å². The third kappa shape index (κ3) is 3.50. The Morgan fingerprint density at radius 3 is 2.67 bits per heavy atom. The van der Waals surface area contributed by atoms with Crippen molar-refractivity contribution in [2.45, 2.75) is 32.1 Å². The minimum Gasteiger partial charge on any atom is -0.303 e. The molecule has 3 rings (SSSR count). The molecule has 4 nitrogen and oxygen atoms in total. The highest BCUT2D eigenvalue weighted by Gasteiger charge is 2.43. The Kier molecular flexibility index (Phi) is 4.34. The summed E-state index contributed by atoms with van der Waals surface area (Å²) in [5.74, 6) is 0.565. The predicted octanol–water partition coefficient (Wildman–Crippen LogP) is 2.38. The fourth-order valence-electron chi connectivity index (χ4n) is 3.01. The van der Waals surface area contributed by atoms with Gasteiger partial charge in [-0.05, 0) is 24.4 Å². The molecule has 0 radical (unpaired) electrons. The van der Waals surface area contributed by atoms with Gasteiger partial charge in [0.2, 0.25) is 5.91 Å². The van der Waals surface area contributed by atoms with E-state index >= 15 is 0 Å². The first-order chi connectivity index (χ1) is 10.3. The van der Waals surface area contributed by atoms with E-state index in [1.807, 2.05) is 18.2 Å². The van der Waals surface area contributed by atoms with E-state index in [0.29, 0.717) is 5.92 Å². The molecule has 2 unspecified atom stereocenters. The van der Waals surface area contributed by atoms with Crippen molar-refractivity contribution < 1.29 is 4.79 Å². The average molecular weight is 285 g/mol. The van der Waals surface area contributed by atoms with Gasteiger partial charge in [-0.1, -0.05) is 37.3 Å². The Labute approximate surface area is 126 Å². The molecule has 2 aliphatic rings. The maximum atomic E-state index is 12.1. The average Bonchev–Trinajstić information content (AvgIpc) is 3.35. The van der Waals surface area contributed by atoms with Crippen LogP contribution in [0.2, 0.25) is 0 Å². The molecule has 0 bridgehead atoms. The second-order valence-corrected chi connectivity index (χ2v) is 5.95. The lowest BCUT2D eigenvalue weighted by Gasteiger charge is -2.25. The summed E-state index contributed by atoms with van der Waals surface area (Å²) in [6.45, 7) is 5.39. The van der Waals surface area contributed by atoms with Crippen LogP contribution in [0.4, 0.5) is 0 Å². The Morgan fingerprint density at radius 1 is 1.29 bits per heavy atom. The van der Waals surface area contributed by atoms with Gasteiger partial charge in [0, 0.05) is 37.6 Å². The van der Waals surface area contributed by atoms with E-state index in [9.17, 15) is 4.79 Å². The zero-order chi connectivity index (χ0) is 14.7. The second kappa shape index (κ2) is 6.39. The van der Waals surface area contributed by atoms with Crippen molar-refractivity contribution in [3.8, 4) is 0 Å². The number of hydrogen-bond acceptors (Lipinski definition) is 3. The van der Waals surface area contributed by atoms with Gasteiger partial charge in [-0.2, -0.15) is 5.10 Å². The zero-order valence-corrected chi connectivity index (χ0v) is 12.6. The Bertz CT molecular complexity index is 516. The number of piperidine rings is 1. The number of amides is 1. The SMILES string of the molecule is CCN1CCC(=NNC(=O)C2CC2c2ccccc2)CC1. The molecule has 21 heavy (non-hydrogen) atoms. The number of carbonyl (C=O) groups is 1. The summed E-state index contributed by atoms with van der Waals surface area (Å²) in [5.41, 5.74) is 5.17. The monoisotopic (exact) mass is 285 g/mol. The van der Waals surface area contributed by atoms with Crippen LogP contribution < -0.4 is 5.43 Å². The maximum absolute atomic E-state index is 12.1. The highest BCUT2D eigenvalue weighted by molar-refractivity contribution is 5.88. The molecule has 2 fully saturated rings. The van der Waals surface area contributed by atoms with Gasteiger partial charge in [-0.3, -0.25) is 4.79 Å². The molecule has 1 saturated carbocycles. The fraction of sp³-hybridized carbons (Fsp3) is 0.529. The number of likely N-dealkylation sites (tertiary alicyclic amines) is 1. The van der Waals surface area contributed by atoms with Crippen molar-refractivity contribution in [3.05, 3.63) is 35.9 Å². The van der Waals surface area contributed by atoms with Gasteiger partial charge < -0.3 is 4.90 Å². The van der Waals surface area contributed by atoms with E-state index < -0.39 is 0 Å². The van der Waals surface area contributed by atoms with E-state index in [1.165, 1.54) is 5.56 Å². The third-order valence-corrected chi connectivity index (χ3v) is 4.56. The van der Waals surface area contributed by atoms with E-state index in [-0.39, 0.29) is 11.8 Å². The molecule has 1 amide bonds. The summed E-state index contributed by atoms with van der Waals surface area (Å²) < 4.78 is 0. The van der Waals surface area contributed by atoms with Gasteiger partial charge in [0.1, 0.15) is 0 Å². The van der Waals surface area contributed by atoms with Crippen LogP contribution in [0, 0.1) is 5.92 Å². The van der Waals surface area contributed by atoms with E-state index in [1.54, 1.807) is 0 Å². The molecular weight excluding hydrogens is 262 g/mol. The lowest BCUT2D eigenvalue weighted by atomic mass is 10.1. The normalized spacial score (nSPS) is 25.5. The van der Waals surface area contributed by atoms with Crippen LogP contribution in [0.5, 0.6) is 0 Å². The van der Waals surface area contributed by atoms with Crippen LogP contribution in [0.25, 0.3) is 0 Å². The minimum absolute atomic E-state index is 0.0780. The van der Waals surface area contributed by atoms with Crippen molar-refractivity contribution in [1.29, 1.82) is 0 Å². The summed E-state index contributed by atoms with van der Waals surface area (Å²) in [6, 6.07) is 10.3. The van der Waals surface area contributed by atoms with Crippen LogP contribution >= 0.6 is 0 Å². The van der Waals surface area contributed by atoms with Crippen molar-refractivity contribution in [2.24, 2.45) is 11.0 Å². The molecule has 1 heterocycles. The van der Waals surface area contributed by atoms with E-state index in [4.69, 9.17) is 0 Å². The lowest BCUT2D eigenvalue weighted by molar-refractivity contribution is -0.122. The molecule has 112 valence electrons. The topological polar surface area (TPSA) is 44.7 Å². The van der Waals surface area contributed by atoms with Gasteiger partial charge in [0.25, 0.3) is 0 Å². The van der Waals surface area contributed by atoms with Crippen molar-refractivity contribution >= 4 is 11.6 Å². The summed E-state index contributed by atoms with van der Waals surface area (Å²) in [6.07, 6.45) is 2.89. The van der Waals surface area contributed by atoms with Crippen molar-refractivity contribution in [1.82, 2.24) is 10.3 Å². The van der Waals surface area contributed by atoms with Gasteiger partial charge in [-0.25, -0.2) is 5.43 Å². The maximum Gasteiger partial charge on any atom is 0.243 e. The standard InChI is InChI=1S/C17H23N3O/c1-2-20-10-8-14(9-11-20)18-19-17(21)16-12-15(16)13-6-4-3-5-7-13/h3-7,15-16H,2,8-12H2,1H3,(H,19,21). The summed E-state index contributed by atoms with van der Waals surface area (Å²) in [7, 11) is 0. The Hall–Kier alpha value is -1.68. The number of benzene rings is 1. The highest BCUT2D eigenvalue weighted by Crippen LogP contribution is 2.47. The zero-order valence-electron chi connectivity index (χ0n) is 12.6. The Balaban J connectivity index is 1.48. The molecule has 0 spiro atoms. The first-order valence-corrected chi connectivity index (χ1v) is 7.90. The highest BCUT2D eigenvalue weighted by atomic mass is 16.2. The quantitative estimate of drug-likeness (QED) is 0.863. The van der Waals surface area contributed by atoms with Crippen molar-refractivity contribution in [2.75, 3.05) is 19.6 Å². The fourth-order valence-corrected chi connectivity index (χ4v) is 3.01. The van der Waals surface area contributed by atoms with E-state index in [0.717, 1.165) is 44.6 Å². The van der Waals surface area contributed by atoms with Crippen LogP contribution in [0.1, 0.15) is 37.7 Å². The number of nitrogens with one attached hydrogen (secondary N) is 1. The summed E-state index contributed by atoms with van der Waals surface area (Å²) >= 11 is 0.